The topological polar surface area (TPSA) is 35.5 Å². The van der Waals surface area contributed by atoms with Crippen molar-refractivity contribution in [3.63, 3.8) is 0 Å². The number of carbonyl (C=O) groups excluding carboxylic acids is 1. The fourth-order valence-electron chi connectivity index (χ4n) is 1.02. The van der Waals surface area contributed by atoms with Crippen molar-refractivity contribution in [2.24, 2.45) is 0 Å². The largest absolute Gasteiger partial charge is 0.508 e. The molecule has 0 bridgehead atoms. The summed E-state index contributed by atoms with van der Waals surface area (Å²) < 4.78 is 9.36. The van der Waals surface area contributed by atoms with E-state index >= 15 is 0 Å². The molecule has 0 amide bonds. The third-order valence-corrected chi connectivity index (χ3v) is 1.67. The maximum Gasteiger partial charge on any atom is 0.508 e. The highest BCUT2D eigenvalue weighted by atomic mass is 16.7. The van der Waals surface area contributed by atoms with Crippen LogP contribution in [0, 0.1) is 0 Å². The standard InChI is InChI=1S/C12H14O3/c1-2-14-12(13)15-10-6-9-11-7-4-3-5-8-11/h3-9H,2,10H2,1H3. The first-order valence-corrected chi connectivity index (χ1v) is 4.84. The summed E-state index contributed by atoms with van der Waals surface area (Å²) in [6, 6.07) is 9.80. The van der Waals surface area contributed by atoms with Gasteiger partial charge in [-0.2, -0.15) is 0 Å². The number of ether oxygens (including phenoxy) is 2. The van der Waals surface area contributed by atoms with Crippen molar-refractivity contribution in [3.05, 3.63) is 42.0 Å². The third kappa shape index (κ3) is 4.86. The highest BCUT2D eigenvalue weighted by molar-refractivity contribution is 5.60. The molecule has 0 fully saturated rings. The fraction of sp³-hybridized carbons (Fsp3) is 0.250. The van der Waals surface area contributed by atoms with E-state index < -0.39 is 6.16 Å². The third-order valence-electron chi connectivity index (χ3n) is 1.67. The van der Waals surface area contributed by atoms with Gasteiger partial charge in [0.25, 0.3) is 0 Å². The molecule has 0 aliphatic heterocycles. The Morgan fingerprint density at radius 2 is 2.00 bits per heavy atom. The van der Waals surface area contributed by atoms with Crippen LogP contribution in [0.1, 0.15) is 12.5 Å². The van der Waals surface area contributed by atoms with Crippen LogP contribution in [0.15, 0.2) is 36.4 Å². The molecule has 0 atom stereocenters. The minimum Gasteiger partial charge on any atom is -0.435 e. The zero-order valence-corrected chi connectivity index (χ0v) is 8.68. The Balaban J connectivity index is 2.26. The Morgan fingerprint density at radius 3 is 2.67 bits per heavy atom. The van der Waals surface area contributed by atoms with Crippen LogP contribution in [0.5, 0.6) is 0 Å². The van der Waals surface area contributed by atoms with E-state index in [2.05, 4.69) is 4.74 Å². The van der Waals surface area contributed by atoms with Gasteiger partial charge < -0.3 is 9.47 Å². The van der Waals surface area contributed by atoms with Crippen LogP contribution in [0.4, 0.5) is 4.79 Å². The van der Waals surface area contributed by atoms with Gasteiger partial charge in [-0.15, -0.1) is 0 Å². The van der Waals surface area contributed by atoms with Crippen LogP contribution in [0.3, 0.4) is 0 Å². The van der Waals surface area contributed by atoms with Gasteiger partial charge in [0.2, 0.25) is 0 Å². The monoisotopic (exact) mass is 206 g/mol. The van der Waals surface area contributed by atoms with E-state index in [1.807, 2.05) is 36.4 Å². The highest BCUT2D eigenvalue weighted by Crippen LogP contribution is 2.00. The molecule has 0 saturated heterocycles. The van der Waals surface area contributed by atoms with Crippen LogP contribution in [-0.4, -0.2) is 19.4 Å². The number of benzene rings is 1. The summed E-state index contributed by atoms with van der Waals surface area (Å²) in [5.74, 6) is 0. The highest BCUT2D eigenvalue weighted by Gasteiger charge is 1.97. The second-order valence-corrected chi connectivity index (χ2v) is 2.81. The Bertz CT molecular complexity index is 317. The molecule has 3 heteroatoms. The average molecular weight is 206 g/mol. The summed E-state index contributed by atoms with van der Waals surface area (Å²) in [5, 5.41) is 0. The van der Waals surface area contributed by atoms with Crippen LogP contribution in [0.2, 0.25) is 0 Å². The molecule has 80 valence electrons. The van der Waals surface area contributed by atoms with Crippen molar-refractivity contribution in [2.45, 2.75) is 6.92 Å². The quantitative estimate of drug-likeness (QED) is 0.710. The Hall–Kier alpha value is -1.77. The first-order valence-electron chi connectivity index (χ1n) is 4.84. The summed E-state index contributed by atoms with van der Waals surface area (Å²) in [6.07, 6.45) is 3.03. The molecule has 3 nitrogen and oxygen atoms in total. The molecular weight excluding hydrogens is 192 g/mol. The minimum atomic E-state index is -0.629. The van der Waals surface area contributed by atoms with Crippen molar-refractivity contribution >= 4 is 12.2 Å². The van der Waals surface area contributed by atoms with E-state index in [1.54, 1.807) is 13.0 Å². The van der Waals surface area contributed by atoms with Crippen molar-refractivity contribution in [2.75, 3.05) is 13.2 Å². The van der Waals surface area contributed by atoms with E-state index in [0.29, 0.717) is 6.61 Å². The van der Waals surface area contributed by atoms with Crippen molar-refractivity contribution in [1.82, 2.24) is 0 Å². The van der Waals surface area contributed by atoms with E-state index in [1.165, 1.54) is 0 Å². The van der Waals surface area contributed by atoms with E-state index in [-0.39, 0.29) is 6.61 Å². The number of hydrogen-bond donors (Lipinski definition) is 0. The molecule has 0 radical (unpaired) electrons. The Labute approximate surface area is 89.3 Å². The average Bonchev–Trinajstić information content (AvgIpc) is 2.26. The van der Waals surface area contributed by atoms with Gasteiger partial charge in [0, 0.05) is 0 Å². The number of hydrogen-bond acceptors (Lipinski definition) is 3. The molecule has 15 heavy (non-hydrogen) atoms. The number of rotatable bonds is 4. The molecule has 1 aromatic rings. The van der Waals surface area contributed by atoms with Crippen molar-refractivity contribution < 1.29 is 14.3 Å². The van der Waals surface area contributed by atoms with Gasteiger partial charge in [0.15, 0.2) is 0 Å². The molecular formula is C12H14O3. The summed E-state index contributed by atoms with van der Waals surface area (Å²) in [4.78, 5) is 10.8. The van der Waals surface area contributed by atoms with Crippen molar-refractivity contribution in [3.8, 4) is 0 Å². The maximum atomic E-state index is 10.8. The first-order chi connectivity index (χ1) is 7.33. The van der Waals surface area contributed by atoms with Gasteiger partial charge in [0.05, 0.1) is 6.61 Å². The second kappa shape index (κ2) is 6.65. The molecule has 1 aromatic carbocycles. The summed E-state index contributed by atoms with van der Waals surface area (Å²) in [5.41, 5.74) is 1.07. The molecule has 0 spiro atoms. The van der Waals surface area contributed by atoms with Crippen LogP contribution in [0.25, 0.3) is 6.08 Å². The zero-order valence-electron chi connectivity index (χ0n) is 8.68. The smallest absolute Gasteiger partial charge is 0.435 e. The Morgan fingerprint density at radius 1 is 1.27 bits per heavy atom. The molecule has 0 heterocycles. The van der Waals surface area contributed by atoms with Gasteiger partial charge in [-0.05, 0) is 18.6 Å². The normalized spacial score (nSPS) is 10.2. The van der Waals surface area contributed by atoms with Gasteiger partial charge in [-0.1, -0.05) is 36.4 Å². The molecule has 1 rings (SSSR count). The summed E-state index contributed by atoms with van der Waals surface area (Å²) >= 11 is 0. The molecule has 0 aliphatic rings. The molecule has 0 N–H and O–H groups in total. The fourth-order valence-corrected chi connectivity index (χ4v) is 1.02. The first kappa shape index (κ1) is 11.3. The second-order valence-electron chi connectivity index (χ2n) is 2.81. The lowest BCUT2D eigenvalue weighted by Crippen LogP contribution is -2.06. The maximum absolute atomic E-state index is 10.8. The molecule has 0 unspecified atom stereocenters. The van der Waals surface area contributed by atoms with Gasteiger partial charge in [0.1, 0.15) is 6.61 Å². The molecule has 0 aromatic heterocycles. The van der Waals surface area contributed by atoms with Crippen LogP contribution >= 0.6 is 0 Å². The molecule has 0 saturated carbocycles. The lowest BCUT2D eigenvalue weighted by molar-refractivity contribution is 0.0674. The predicted octanol–water partition coefficient (Wildman–Crippen LogP) is 2.87. The van der Waals surface area contributed by atoms with Crippen LogP contribution in [-0.2, 0) is 9.47 Å². The van der Waals surface area contributed by atoms with Crippen molar-refractivity contribution in [1.29, 1.82) is 0 Å². The number of carbonyl (C=O) groups is 1. The minimum absolute atomic E-state index is 0.230. The van der Waals surface area contributed by atoms with Gasteiger partial charge in [-0.25, -0.2) is 4.79 Å². The van der Waals surface area contributed by atoms with Gasteiger partial charge >= 0.3 is 6.16 Å². The molecule has 0 aliphatic carbocycles. The van der Waals surface area contributed by atoms with Gasteiger partial charge in [-0.3, -0.25) is 0 Å². The lowest BCUT2D eigenvalue weighted by Gasteiger charge is -2.00. The zero-order chi connectivity index (χ0) is 10.9. The summed E-state index contributed by atoms with van der Waals surface area (Å²) in [6.45, 7) is 2.30. The SMILES string of the molecule is CCOC(=O)OCC=Cc1ccccc1. The Kier molecular flexibility index (Phi) is 5.01. The van der Waals surface area contributed by atoms with E-state index in [4.69, 9.17) is 4.74 Å². The van der Waals surface area contributed by atoms with E-state index in [0.717, 1.165) is 5.56 Å². The predicted molar refractivity (Wildman–Crippen MR) is 58.5 cm³/mol. The van der Waals surface area contributed by atoms with Crippen LogP contribution < -0.4 is 0 Å². The van der Waals surface area contributed by atoms with E-state index in [9.17, 15) is 4.79 Å². The lowest BCUT2D eigenvalue weighted by atomic mass is 10.2. The summed E-state index contributed by atoms with van der Waals surface area (Å²) in [7, 11) is 0.